The van der Waals surface area contributed by atoms with Crippen molar-refractivity contribution in [2.75, 3.05) is 0 Å². The van der Waals surface area contributed by atoms with E-state index in [9.17, 15) is 4.39 Å². The van der Waals surface area contributed by atoms with Crippen molar-refractivity contribution in [2.45, 2.75) is 40.2 Å². The fourth-order valence-corrected chi connectivity index (χ4v) is 1.78. The molecule has 2 nitrogen and oxygen atoms in total. The maximum atomic E-state index is 13.3. The van der Waals surface area contributed by atoms with E-state index in [1.54, 1.807) is 0 Å². The average molecular weight is 222 g/mol. The lowest BCUT2D eigenvalue weighted by Gasteiger charge is -2.07. The van der Waals surface area contributed by atoms with E-state index in [0.717, 1.165) is 30.9 Å². The number of aromatic nitrogens is 2. The van der Waals surface area contributed by atoms with Gasteiger partial charge in [0.1, 0.15) is 17.3 Å². The molecule has 1 aromatic heterocycles. The van der Waals surface area contributed by atoms with E-state index in [2.05, 4.69) is 23.1 Å². The second-order valence-corrected chi connectivity index (χ2v) is 3.67. The molecule has 3 heteroatoms. The number of allylic oxidation sites excluding steroid dienone is 1. The van der Waals surface area contributed by atoms with Crippen LogP contribution >= 0.6 is 0 Å². The summed E-state index contributed by atoms with van der Waals surface area (Å²) < 4.78 is 15.4. The van der Waals surface area contributed by atoms with Crippen LogP contribution in [0.25, 0.3) is 11.9 Å². The molecule has 0 aliphatic carbocycles. The summed E-state index contributed by atoms with van der Waals surface area (Å²) in [7, 11) is 0. The molecule has 0 aliphatic rings. The monoisotopic (exact) mass is 222 g/mol. The lowest BCUT2D eigenvalue weighted by Crippen LogP contribution is -2.04. The fraction of sp³-hybridized carbons (Fsp3) is 0.462. The predicted molar refractivity (Wildman–Crippen MR) is 66.7 cm³/mol. The molecule has 0 bridgehead atoms. The standard InChI is InChI=1S/C13H19FN2/c1-5-8-11-13(10(4)14)15-12(7-3)16(11)9-6-2/h5,8H,4,6-7,9H2,1-3H3/b8-5-. The Morgan fingerprint density at radius 3 is 2.62 bits per heavy atom. The van der Waals surface area contributed by atoms with E-state index < -0.39 is 5.83 Å². The van der Waals surface area contributed by atoms with Crippen LogP contribution in [0.1, 0.15) is 44.4 Å². The van der Waals surface area contributed by atoms with Gasteiger partial charge in [-0.2, -0.15) is 0 Å². The third kappa shape index (κ3) is 2.40. The Kier molecular flexibility index (Phi) is 4.47. The first kappa shape index (κ1) is 12.7. The summed E-state index contributed by atoms with van der Waals surface area (Å²) in [6, 6.07) is 0. The lowest BCUT2D eigenvalue weighted by atomic mass is 10.2. The normalized spacial score (nSPS) is 11.2. The third-order valence-electron chi connectivity index (χ3n) is 2.43. The lowest BCUT2D eigenvalue weighted by molar-refractivity contribution is 0.638. The predicted octanol–water partition coefficient (Wildman–Crippen LogP) is 3.83. The van der Waals surface area contributed by atoms with E-state index in [1.807, 2.05) is 26.0 Å². The van der Waals surface area contributed by atoms with Gasteiger partial charge in [0.25, 0.3) is 0 Å². The van der Waals surface area contributed by atoms with Gasteiger partial charge in [0.2, 0.25) is 0 Å². The number of aryl methyl sites for hydroxylation is 1. The van der Waals surface area contributed by atoms with Crippen LogP contribution < -0.4 is 0 Å². The number of imidazole rings is 1. The molecule has 0 spiro atoms. The van der Waals surface area contributed by atoms with Crippen LogP contribution in [0, 0.1) is 0 Å². The number of halogens is 1. The first-order valence-corrected chi connectivity index (χ1v) is 5.72. The van der Waals surface area contributed by atoms with Crippen molar-refractivity contribution >= 4 is 11.9 Å². The molecule has 0 N–H and O–H groups in total. The van der Waals surface area contributed by atoms with Crippen molar-refractivity contribution < 1.29 is 4.39 Å². The quantitative estimate of drug-likeness (QED) is 0.740. The Balaban J connectivity index is 3.35. The van der Waals surface area contributed by atoms with Crippen molar-refractivity contribution in [1.82, 2.24) is 9.55 Å². The summed E-state index contributed by atoms with van der Waals surface area (Å²) in [5.74, 6) is 0.460. The number of hydrogen-bond donors (Lipinski definition) is 0. The van der Waals surface area contributed by atoms with Crippen molar-refractivity contribution in [3.63, 3.8) is 0 Å². The zero-order valence-electron chi connectivity index (χ0n) is 10.3. The highest BCUT2D eigenvalue weighted by Crippen LogP contribution is 2.22. The van der Waals surface area contributed by atoms with Crippen LogP contribution in [-0.4, -0.2) is 9.55 Å². The summed E-state index contributed by atoms with van der Waals surface area (Å²) in [6.45, 7) is 10.2. The Labute approximate surface area is 96.5 Å². The smallest absolute Gasteiger partial charge is 0.143 e. The van der Waals surface area contributed by atoms with Crippen molar-refractivity contribution in [2.24, 2.45) is 0 Å². The Bertz CT molecular complexity index is 402. The highest BCUT2D eigenvalue weighted by Gasteiger charge is 2.15. The molecule has 0 amide bonds. The molecule has 16 heavy (non-hydrogen) atoms. The highest BCUT2D eigenvalue weighted by molar-refractivity contribution is 5.64. The zero-order valence-corrected chi connectivity index (χ0v) is 10.3. The highest BCUT2D eigenvalue weighted by atomic mass is 19.1. The molecule has 0 saturated carbocycles. The van der Waals surface area contributed by atoms with Crippen molar-refractivity contribution in [3.8, 4) is 0 Å². The van der Waals surface area contributed by atoms with Gasteiger partial charge in [-0.1, -0.05) is 26.5 Å². The molecule has 1 rings (SSSR count). The van der Waals surface area contributed by atoms with Gasteiger partial charge in [-0.3, -0.25) is 0 Å². The van der Waals surface area contributed by atoms with Gasteiger partial charge < -0.3 is 4.57 Å². The summed E-state index contributed by atoms with van der Waals surface area (Å²) in [5, 5.41) is 0. The molecule has 1 aromatic rings. The third-order valence-corrected chi connectivity index (χ3v) is 2.43. The molecule has 0 aliphatic heterocycles. The van der Waals surface area contributed by atoms with Crippen LogP contribution in [0.4, 0.5) is 4.39 Å². The van der Waals surface area contributed by atoms with Gasteiger partial charge in [-0.05, 0) is 19.4 Å². The Morgan fingerprint density at radius 1 is 1.50 bits per heavy atom. The largest absolute Gasteiger partial charge is 0.328 e. The maximum Gasteiger partial charge on any atom is 0.143 e. The van der Waals surface area contributed by atoms with Gasteiger partial charge >= 0.3 is 0 Å². The summed E-state index contributed by atoms with van der Waals surface area (Å²) in [6.07, 6.45) is 5.60. The number of rotatable bonds is 5. The fourth-order valence-electron chi connectivity index (χ4n) is 1.78. The van der Waals surface area contributed by atoms with E-state index in [-0.39, 0.29) is 0 Å². The second-order valence-electron chi connectivity index (χ2n) is 3.67. The maximum absolute atomic E-state index is 13.3. The minimum Gasteiger partial charge on any atom is -0.328 e. The minimum atomic E-state index is -0.461. The molecule has 0 unspecified atom stereocenters. The SMILES string of the molecule is C=C(F)c1nc(CC)n(CCC)c1/C=C\C. The summed E-state index contributed by atoms with van der Waals surface area (Å²) in [5.41, 5.74) is 1.21. The molecule has 0 radical (unpaired) electrons. The molecule has 0 aromatic carbocycles. The molecular formula is C13H19FN2. The molecule has 1 heterocycles. The number of nitrogens with zero attached hydrogens (tertiary/aromatic N) is 2. The summed E-state index contributed by atoms with van der Waals surface area (Å²) in [4.78, 5) is 4.30. The van der Waals surface area contributed by atoms with Crippen molar-refractivity contribution in [3.05, 3.63) is 29.9 Å². The van der Waals surface area contributed by atoms with E-state index in [0.29, 0.717) is 5.69 Å². The van der Waals surface area contributed by atoms with E-state index in [4.69, 9.17) is 0 Å². The van der Waals surface area contributed by atoms with E-state index >= 15 is 0 Å². The van der Waals surface area contributed by atoms with E-state index in [1.165, 1.54) is 0 Å². The Morgan fingerprint density at radius 2 is 2.19 bits per heavy atom. The molecule has 88 valence electrons. The Hall–Kier alpha value is -1.38. The minimum absolute atomic E-state index is 0.378. The molecular weight excluding hydrogens is 203 g/mol. The molecule has 0 saturated heterocycles. The van der Waals surface area contributed by atoms with Crippen LogP contribution in [0.2, 0.25) is 0 Å². The van der Waals surface area contributed by atoms with Gasteiger partial charge in [0.05, 0.1) is 5.69 Å². The number of hydrogen-bond acceptors (Lipinski definition) is 1. The van der Waals surface area contributed by atoms with Gasteiger partial charge in [-0.25, -0.2) is 9.37 Å². The first-order chi connectivity index (χ1) is 7.65. The van der Waals surface area contributed by atoms with Crippen LogP contribution in [0.15, 0.2) is 12.7 Å². The van der Waals surface area contributed by atoms with Crippen LogP contribution in [0.5, 0.6) is 0 Å². The molecule has 0 atom stereocenters. The van der Waals surface area contributed by atoms with Gasteiger partial charge in [-0.15, -0.1) is 0 Å². The van der Waals surface area contributed by atoms with Gasteiger partial charge in [0, 0.05) is 13.0 Å². The zero-order chi connectivity index (χ0) is 12.1. The average Bonchev–Trinajstić information content (AvgIpc) is 2.59. The first-order valence-electron chi connectivity index (χ1n) is 5.72. The van der Waals surface area contributed by atoms with Crippen molar-refractivity contribution in [1.29, 1.82) is 0 Å². The van der Waals surface area contributed by atoms with Crippen LogP contribution in [-0.2, 0) is 13.0 Å². The summed E-state index contributed by atoms with van der Waals surface area (Å²) >= 11 is 0. The van der Waals surface area contributed by atoms with Gasteiger partial charge in [0.15, 0.2) is 0 Å². The van der Waals surface area contributed by atoms with Crippen LogP contribution in [0.3, 0.4) is 0 Å². The topological polar surface area (TPSA) is 17.8 Å². The molecule has 0 fully saturated rings. The second kappa shape index (κ2) is 5.64.